The molecule has 5 nitrogen and oxygen atoms in total. The SMILES string of the molecule is CCOC(=O)c1c(NC(=O)c2ccc(OCC(C)C)cc2)sc(C)c1C. The van der Waals surface area contributed by atoms with Crippen LogP contribution in [0.5, 0.6) is 5.75 Å². The number of ether oxygens (including phenoxy) is 2. The van der Waals surface area contributed by atoms with Crippen LogP contribution in [0.15, 0.2) is 24.3 Å². The Bertz CT molecular complexity index is 778. The highest BCUT2D eigenvalue weighted by atomic mass is 32.1. The molecular formula is C20H25NO4S. The lowest BCUT2D eigenvalue weighted by Crippen LogP contribution is -2.15. The molecule has 2 aromatic rings. The highest BCUT2D eigenvalue weighted by molar-refractivity contribution is 7.16. The van der Waals surface area contributed by atoms with E-state index >= 15 is 0 Å². The highest BCUT2D eigenvalue weighted by Gasteiger charge is 2.22. The van der Waals surface area contributed by atoms with E-state index in [2.05, 4.69) is 19.2 Å². The molecule has 26 heavy (non-hydrogen) atoms. The fourth-order valence-electron chi connectivity index (χ4n) is 2.30. The summed E-state index contributed by atoms with van der Waals surface area (Å²) < 4.78 is 10.7. The molecule has 0 saturated heterocycles. The average Bonchev–Trinajstić information content (AvgIpc) is 2.87. The normalized spacial score (nSPS) is 10.7. The highest BCUT2D eigenvalue weighted by Crippen LogP contribution is 2.33. The van der Waals surface area contributed by atoms with E-state index in [1.54, 1.807) is 31.2 Å². The van der Waals surface area contributed by atoms with E-state index in [0.29, 0.717) is 35.3 Å². The topological polar surface area (TPSA) is 64.6 Å². The number of aryl methyl sites for hydroxylation is 1. The predicted molar refractivity (Wildman–Crippen MR) is 104 cm³/mol. The molecule has 0 atom stereocenters. The van der Waals surface area contributed by atoms with Gasteiger partial charge in [0.2, 0.25) is 0 Å². The molecule has 1 aromatic carbocycles. The molecular weight excluding hydrogens is 350 g/mol. The first-order chi connectivity index (χ1) is 12.3. The van der Waals surface area contributed by atoms with E-state index < -0.39 is 5.97 Å². The standard InChI is InChI=1S/C20H25NO4S/c1-6-24-20(23)17-13(4)14(5)26-19(17)21-18(22)15-7-9-16(10-8-15)25-11-12(2)3/h7-10,12H,6,11H2,1-5H3,(H,21,22). The van der Waals surface area contributed by atoms with Gasteiger partial charge in [-0.25, -0.2) is 4.79 Å². The van der Waals surface area contributed by atoms with E-state index in [1.807, 2.05) is 13.8 Å². The lowest BCUT2D eigenvalue weighted by molar-refractivity contribution is 0.0527. The van der Waals surface area contributed by atoms with Gasteiger partial charge in [-0.3, -0.25) is 4.79 Å². The molecule has 0 saturated carbocycles. The average molecular weight is 375 g/mol. The van der Waals surface area contributed by atoms with Gasteiger partial charge in [0.05, 0.1) is 18.8 Å². The summed E-state index contributed by atoms with van der Waals surface area (Å²) in [6.07, 6.45) is 0. The van der Waals surface area contributed by atoms with E-state index in [4.69, 9.17) is 9.47 Å². The third-order valence-electron chi connectivity index (χ3n) is 3.79. The van der Waals surface area contributed by atoms with Gasteiger partial charge in [0.15, 0.2) is 0 Å². The largest absolute Gasteiger partial charge is 0.493 e. The van der Waals surface area contributed by atoms with Crippen molar-refractivity contribution in [1.82, 2.24) is 0 Å². The summed E-state index contributed by atoms with van der Waals surface area (Å²) in [5.41, 5.74) is 1.76. The molecule has 0 aliphatic carbocycles. The van der Waals surface area contributed by atoms with Crippen molar-refractivity contribution in [2.45, 2.75) is 34.6 Å². The van der Waals surface area contributed by atoms with Crippen molar-refractivity contribution in [2.75, 3.05) is 18.5 Å². The zero-order valence-electron chi connectivity index (χ0n) is 15.8. The molecule has 1 aromatic heterocycles. The molecule has 0 radical (unpaired) electrons. The second-order valence-electron chi connectivity index (χ2n) is 6.39. The smallest absolute Gasteiger partial charge is 0.341 e. The summed E-state index contributed by atoms with van der Waals surface area (Å²) in [4.78, 5) is 25.7. The van der Waals surface area contributed by atoms with Crippen molar-refractivity contribution in [1.29, 1.82) is 0 Å². The van der Waals surface area contributed by atoms with Crippen LogP contribution in [0.25, 0.3) is 0 Å². The van der Waals surface area contributed by atoms with Gasteiger partial charge in [0.25, 0.3) is 5.91 Å². The van der Waals surface area contributed by atoms with Gasteiger partial charge in [-0.1, -0.05) is 13.8 Å². The maximum atomic E-state index is 12.5. The monoisotopic (exact) mass is 375 g/mol. The van der Waals surface area contributed by atoms with Gasteiger partial charge in [-0.05, 0) is 56.5 Å². The number of rotatable bonds is 7. The van der Waals surface area contributed by atoms with Crippen LogP contribution < -0.4 is 10.1 Å². The van der Waals surface area contributed by atoms with Crippen LogP contribution in [-0.4, -0.2) is 25.1 Å². The number of carbonyl (C=O) groups is 2. The number of nitrogens with one attached hydrogen (secondary N) is 1. The van der Waals surface area contributed by atoms with E-state index in [1.165, 1.54) is 11.3 Å². The zero-order chi connectivity index (χ0) is 19.3. The minimum absolute atomic E-state index is 0.271. The summed E-state index contributed by atoms with van der Waals surface area (Å²) >= 11 is 1.38. The van der Waals surface area contributed by atoms with E-state index in [9.17, 15) is 9.59 Å². The number of esters is 1. The fourth-order valence-corrected chi connectivity index (χ4v) is 3.35. The number of anilines is 1. The van der Waals surface area contributed by atoms with Crippen LogP contribution in [-0.2, 0) is 4.74 Å². The fraction of sp³-hybridized carbons (Fsp3) is 0.400. The van der Waals surface area contributed by atoms with Crippen LogP contribution in [0.1, 0.15) is 51.9 Å². The van der Waals surface area contributed by atoms with Crippen molar-refractivity contribution in [3.8, 4) is 5.75 Å². The molecule has 0 spiro atoms. The van der Waals surface area contributed by atoms with Crippen LogP contribution >= 0.6 is 11.3 Å². The number of thiophene rings is 1. The summed E-state index contributed by atoms with van der Waals surface area (Å²) in [5.74, 6) is 0.476. The van der Waals surface area contributed by atoms with E-state index in [0.717, 1.165) is 16.2 Å². The Labute approximate surface area is 158 Å². The molecule has 140 valence electrons. The summed E-state index contributed by atoms with van der Waals surface area (Å²) in [7, 11) is 0. The molecule has 0 bridgehead atoms. The van der Waals surface area contributed by atoms with Crippen molar-refractivity contribution in [2.24, 2.45) is 5.92 Å². The Morgan fingerprint density at radius 3 is 2.38 bits per heavy atom. The van der Waals surface area contributed by atoms with E-state index in [-0.39, 0.29) is 5.91 Å². The quantitative estimate of drug-likeness (QED) is 0.704. The minimum atomic E-state index is -0.415. The van der Waals surface area contributed by atoms with Crippen molar-refractivity contribution in [3.63, 3.8) is 0 Å². The number of hydrogen-bond acceptors (Lipinski definition) is 5. The van der Waals surface area contributed by atoms with Gasteiger partial charge in [-0.2, -0.15) is 0 Å². The maximum Gasteiger partial charge on any atom is 0.341 e. The van der Waals surface area contributed by atoms with Crippen LogP contribution in [0.3, 0.4) is 0 Å². The predicted octanol–water partition coefficient (Wildman–Crippen LogP) is 4.83. The van der Waals surface area contributed by atoms with Crippen LogP contribution in [0.4, 0.5) is 5.00 Å². The first-order valence-electron chi connectivity index (χ1n) is 8.64. The lowest BCUT2D eigenvalue weighted by Gasteiger charge is -2.10. The Balaban J connectivity index is 2.15. The van der Waals surface area contributed by atoms with Crippen molar-refractivity contribution < 1.29 is 19.1 Å². The van der Waals surface area contributed by atoms with Crippen LogP contribution in [0, 0.1) is 19.8 Å². The second-order valence-corrected chi connectivity index (χ2v) is 7.62. The molecule has 0 aliphatic heterocycles. The first-order valence-corrected chi connectivity index (χ1v) is 9.46. The molecule has 1 heterocycles. The number of carbonyl (C=O) groups excluding carboxylic acids is 2. The number of benzene rings is 1. The Morgan fingerprint density at radius 1 is 1.15 bits per heavy atom. The second kappa shape index (κ2) is 8.85. The number of amides is 1. The van der Waals surface area contributed by atoms with Gasteiger partial charge in [0, 0.05) is 10.4 Å². The molecule has 1 amide bonds. The molecule has 2 rings (SSSR count). The van der Waals surface area contributed by atoms with Gasteiger partial charge in [-0.15, -0.1) is 11.3 Å². The van der Waals surface area contributed by atoms with Crippen molar-refractivity contribution >= 4 is 28.2 Å². The Kier molecular flexibility index (Phi) is 6.80. The summed E-state index contributed by atoms with van der Waals surface area (Å²) in [6.45, 7) is 10.6. The Morgan fingerprint density at radius 2 is 1.81 bits per heavy atom. The molecule has 1 N–H and O–H groups in total. The van der Waals surface area contributed by atoms with Crippen LogP contribution in [0.2, 0.25) is 0 Å². The third-order valence-corrected chi connectivity index (χ3v) is 4.91. The van der Waals surface area contributed by atoms with Gasteiger partial charge in [0.1, 0.15) is 10.8 Å². The zero-order valence-corrected chi connectivity index (χ0v) is 16.7. The summed E-state index contributed by atoms with van der Waals surface area (Å²) in [5, 5.41) is 3.35. The molecule has 0 fully saturated rings. The minimum Gasteiger partial charge on any atom is -0.493 e. The Hall–Kier alpha value is -2.34. The molecule has 0 unspecified atom stereocenters. The van der Waals surface area contributed by atoms with Crippen molar-refractivity contribution in [3.05, 3.63) is 45.8 Å². The first kappa shape index (κ1) is 20.0. The summed E-state index contributed by atoms with van der Waals surface area (Å²) in [6, 6.07) is 6.97. The molecule has 0 aliphatic rings. The molecule has 6 heteroatoms. The van der Waals surface area contributed by atoms with Gasteiger partial charge >= 0.3 is 5.97 Å². The third kappa shape index (κ3) is 4.85. The maximum absolute atomic E-state index is 12.5. The number of hydrogen-bond donors (Lipinski definition) is 1. The lowest BCUT2D eigenvalue weighted by atomic mass is 10.1. The van der Waals surface area contributed by atoms with Gasteiger partial charge < -0.3 is 14.8 Å².